The third-order valence-corrected chi connectivity index (χ3v) is 5.84. The summed E-state index contributed by atoms with van der Waals surface area (Å²) in [6.45, 7) is 1.47. The average molecular weight is 457 g/mol. The van der Waals surface area contributed by atoms with Gasteiger partial charge >= 0.3 is 0 Å². The van der Waals surface area contributed by atoms with Crippen molar-refractivity contribution in [2.24, 2.45) is 0 Å². The number of carbonyl (C=O) groups excluding carboxylic acids is 3. The van der Waals surface area contributed by atoms with E-state index in [9.17, 15) is 24.5 Å². The fraction of sp³-hybridized carbons (Fsp3) is 0.105. The summed E-state index contributed by atoms with van der Waals surface area (Å²) in [7, 11) is 0. The molecular formula is C19H15N5O5S2. The summed E-state index contributed by atoms with van der Waals surface area (Å²) in [4.78, 5) is 45.7. The summed E-state index contributed by atoms with van der Waals surface area (Å²) in [5.74, 6) is -0.706. The lowest BCUT2D eigenvalue weighted by atomic mass is 10.1. The number of benzene rings is 2. The molecule has 0 aliphatic carbocycles. The molecule has 0 aliphatic heterocycles. The Morgan fingerprint density at radius 1 is 1.00 bits per heavy atom. The number of non-ortho nitro benzene ring substituents is 1. The predicted octanol–water partition coefficient (Wildman–Crippen LogP) is 3.63. The van der Waals surface area contributed by atoms with Crippen LogP contribution in [0.15, 0.2) is 52.9 Å². The van der Waals surface area contributed by atoms with E-state index >= 15 is 0 Å². The van der Waals surface area contributed by atoms with E-state index in [0.717, 1.165) is 23.1 Å². The van der Waals surface area contributed by atoms with Gasteiger partial charge in [-0.15, -0.1) is 10.2 Å². The first kappa shape index (κ1) is 22.1. The lowest BCUT2D eigenvalue weighted by Gasteiger charge is -2.04. The highest BCUT2D eigenvalue weighted by Crippen LogP contribution is 2.26. The monoisotopic (exact) mass is 457 g/mol. The standard InChI is InChI=1S/C19H15N5O5S2/c1-11(25)12-2-6-14(7-3-12)20-16(26)10-30-19-23-22-18(31-19)21-17(27)13-4-8-15(9-5-13)24(28)29/h2-9H,10H2,1H3,(H,20,26)(H,21,22,27). The second-order valence-corrected chi connectivity index (χ2v) is 8.30. The number of ketones is 1. The van der Waals surface area contributed by atoms with Crippen LogP contribution >= 0.6 is 23.1 Å². The van der Waals surface area contributed by atoms with Gasteiger partial charge in [-0.05, 0) is 43.3 Å². The number of thioether (sulfide) groups is 1. The van der Waals surface area contributed by atoms with Crippen molar-refractivity contribution < 1.29 is 19.3 Å². The number of anilines is 2. The molecule has 10 nitrogen and oxygen atoms in total. The van der Waals surface area contributed by atoms with E-state index in [2.05, 4.69) is 20.8 Å². The number of carbonyl (C=O) groups is 3. The number of nitrogens with one attached hydrogen (secondary N) is 2. The fourth-order valence-corrected chi connectivity index (χ4v) is 3.88. The first-order valence-electron chi connectivity index (χ1n) is 8.75. The van der Waals surface area contributed by atoms with Gasteiger partial charge in [0, 0.05) is 28.9 Å². The molecule has 0 unspecified atom stereocenters. The molecule has 0 aliphatic rings. The van der Waals surface area contributed by atoms with Gasteiger partial charge in [-0.3, -0.25) is 29.8 Å². The van der Waals surface area contributed by atoms with Crippen molar-refractivity contribution >= 4 is 57.2 Å². The molecule has 0 saturated heterocycles. The second kappa shape index (κ2) is 9.91. The number of nitro benzene ring substituents is 1. The van der Waals surface area contributed by atoms with Crippen LogP contribution in [0.5, 0.6) is 0 Å². The van der Waals surface area contributed by atoms with Crippen molar-refractivity contribution in [2.45, 2.75) is 11.3 Å². The van der Waals surface area contributed by atoms with Crippen LogP contribution in [0.25, 0.3) is 0 Å². The first-order chi connectivity index (χ1) is 14.8. The van der Waals surface area contributed by atoms with E-state index in [1.165, 1.54) is 31.2 Å². The maximum absolute atomic E-state index is 12.2. The average Bonchev–Trinajstić information content (AvgIpc) is 3.20. The molecule has 12 heteroatoms. The van der Waals surface area contributed by atoms with Gasteiger partial charge in [-0.1, -0.05) is 23.1 Å². The minimum atomic E-state index is -0.548. The molecule has 0 saturated carbocycles. The zero-order valence-corrected chi connectivity index (χ0v) is 17.7. The number of amides is 2. The molecule has 3 rings (SSSR count). The molecule has 0 spiro atoms. The van der Waals surface area contributed by atoms with Gasteiger partial charge < -0.3 is 5.32 Å². The largest absolute Gasteiger partial charge is 0.325 e. The number of Topliss-reactive ketones (excluding diaryl/α,β-unsaturated/α-hetero) is 1. The van der Waals surface area contributed by atoms with E-state index in [1.807, 2.05) is 0 Å². The first-order valence-corrected chi connectivity index (χ1v) is 10.5. The molecule has 0 bridgehead atoms. The van der Waals surface area contributed by atoms with Crippen LogP contribution in [0.3, 0.4) is 0 Å². The van der Waals surface area contributed by atoms with Crippen LogP contribution in [0.4, 0.5) is 16.5 Å². The molecule has 1 aromatic heterocycles. The maximum Gasteiger partial charge on any atom is 0.269 e. The normalized spacial score (nSPS) is 10.4. The Hall–Kier alpha value is -3.64. The van der Waals surface area contributed by atoms with Crippen molar-refractivity contribution in [3.05, 3.63) is 69.8 Å². The summed E-state index contributed by atoms with van der Waals surface area (Å²) in [6.07, 6.45) is 0. The molecular weight excluding hydrogens is 442 g/mol. The Kier molecular flexibility index (Phi) is 7.05. The molecule has 3 aromatic rings. The van der Waals surface area contributed by atoms with Gasteiger partial charge in [0.05, 0.1) is 10.7 Å². The molecule has 0 radical (unpaired) electrons. The number of hydrogen-bond donors (Lipinski definition) is 2. The van der Waals surface area contributed by atoms with Crippen LogP contribution < -0.4 is 10.6 Å². The minimum Gasteiger partial charge on any atom is -0.325 e. The van der Waals surface area contributed by atoms with Crippen LogP contribution in [0.1, 0.15) is 27.6 Å². The van der Waals surface area contributed by atoms with Crippen LogP contribution in [-0.4, -0.2) is 38.5 Å². The zero-order chi connectivity index (χ0) is 22.4. The Bertz CT molecular complexity index is 1130. The van der Waals surface area contributed by atoms with E-state index in [4.69, 9.17) is 0 Å². The predicted molar refractivity (Wildman–Crippen MR) is 117 cm³/mol. The topological polar surface area (TPSA) is 144 Å². The number of rotatable bonds is 8. The van der Waals surface area contributed by atoms with E-state index in [1.54, 1.807) is 24.3 Å². The van der Waals surface area contributed by atoms with Crippen molar-refractivity contribution in [1.82, 2.24) is 10.2 Å². The summed E-state index contributed by atoms with van der Waals surface area (Å²) in [5, 5.41) is 24.0. The molecule has 158 valence electrons. The highest BCUT2D eigenvalue weighted by Gasteiger charge is 2.13. The van der Waals surface area contributed by atoms with Gasteiger partial charge in [-0.2, -0.15) is 0 Å². The summed E-state index contributed by atoms with van der Waals surface area (Å²) < 4.78 is 0.487. The lowest BCUT2D eigenvalue weighted by molar-refractivity contribution is -0.384. The van der Waals surface area contributed by atoms with Gasteiger partial charge in [-0.25, -0.2) is 0 Å². The van der Waals surface area contributed by atoms with Crippen LogP contribution in [-0.2, 0) is 4.79 Å². The number of nitro groups is 1. The van der Waals surface area contributed by atoms with Crippen molar-refractivity contribution in [1.29, 1.82) is 0 Å². The summed E-state index contributed by atoms with van der Waals surface area (Å²) >= 11 is 2.26. The quantitative estimate of drug-likeness (QED) is 0.171. The van der Waals surface area contributed by atoms with Gasteiger partial charge in [0.1, 0.15) is 0 Å². The Labute approximate surface area is 184 Å². The molecule has 2 N–H and O–H groups in total. The second-order valence-electron chi connectivity index (χ2n) is 6.10. The summed E-state index contributed by atoms with van der Waals surface area (Å²) in [5.41, 5.74) is 1.26. The van der Waals surface area contributed by atoms with E-state index < -0.39 is 10.8 Å². The van der Waals surface area contributed by atoms with E-state index in [0.29, 0.717) is 15.6 Å². The SMILES string of the molecule is CC(=O)c1ccc(NC(=O)CSc2nnc(NC(=O)c3ccc([N+](=O)[O-])cc3)s2)cc1. The fourth-order valence-electron chi connectivity index (χ4n) is 2.34. The zero-order valence-electron chi connectivity index (χ0n) is 16.0. The summed E-state index contributed by atoms with van der Waals surface area (Å²) in [6, 6.07) is 11.7. The van der Waals surface area contributed by atoms with Crippen LogP contribution in [0.2, 0.25) is 0 Å². The number of aromatic nitrogens is 2. The van der Waals surface area contributed by atoms with Crippen molar-refractivity contribution in [2.75, 3.05) is 16.4 Å². The van der Waals surface area contributed by atoms with Crippen LogP contribution in [0, 0.1) is 10.1 Å². The van der Waals surface area contributed by atoms with Gasteiger partial charge in [0.15, 0.2) is 10.1 Å². The minimum absolute atomic E-state index is 0.0545. The Morgan fingerprint density at radius 2 is 1.65 bits per heavy atom. The molecule has 1 heterocycles. The third-order valence-electron chi connectivity index (χ3n) is 3.87. The number of hydrogen-bond acceptors (Lipinski definition) is 9. The van der Waals surface area contributed by atoms with Gasteiger partial charge in [0.2, 0.25) is 11.0 Å². The van der Waals surface area contributed by atoms with Crippen molar-refractivity contribution in [3.63, 3.8) is 0 Å². The molecule has 0 fully saturated rings. The molecule has 2 aromatic carbocycles. The van der Waals surface area contributed by atoms with Gasteiger partial charge in [0.25, 0.3) is 11.6 Å². The highest BCUT2D eigenvalue weighted by molar-refractivity contribution is 8.01. The smallest absolute Gasteiger partial charge is 0.269 e. The molecule has 2 amide bonds. The lowest BCUT2D eigenvalue weighted by Crippen LogP contribution is -2.14. The Morgan fingerprint density at radius 3 is 2.26 bits per heavy atom. The molecule has 31 heavy (non-hydrogen) atoms. The third kappa shape index (κ3) is 6.17. The number of nitrogens with zero attached hydrogens (tertiary/aromatic N) is 3. The highest BCUT2D eigenvalue weighted by atomic mass is 32.2. The molecule has 0 atom stereocenters. The maximum atomic E-state index is 12.2. The Balaban J connectivity index is 1.50. The van der Waals surface area contributed by atoms with Crippen molar-refractivity contribution in [3.8, 4) is 0 Å². The van der Waals surface area contributed by atoms with E-state index in [-0.39, 0.29) is 33.8 Å².